The quantitative estimate of drug-likeness (QED) is 0.369. The van der Waals surface area contributed by atoms with Crippen LogP contribution in [0, 0.1) is 15.9 Å². The summed E-state index contributed by atoms with van der Waals surface area (Å²) in [4.78, 5) is 38.0. The van der Waals surface area contributed by atoms with Gasteiger partial charge in [0.1, 0.15) is 22.6 Å². The Bertz CT molecular complexity index is 1010. The highest BCUT2D eigenvalue weighted by atomic mass is 19.1. The second kappa shape index (κ2) is 9.22. The van der Waals surface area contributed by atoms with Crippen LogP contribution >= 0.6 is 0 Å². The zero-order valence-corrected chi connectivity index (χ0v) is 17.1. The molecule has 0 bridgehead atoms. The Balaban J connectivity index is 1.34. The summed E-state index contributed by atoms with van der Waals surface area (Å²) in [7, 11) is 0. The van der Waals surface area contributed by atoms with Gasteiger partial charge in [0.2, 0.25) is 6.41 Å². The second-order valence-electron chi connectivity index (χ2n) is 7.54. The highest BCUT2D eigenvalue weighted by molar-refractivity contribution is 5.90. The number of carbonyl (C=O) groups excluding carboxylic acids is 2. The lowest BCUT2D eigenvalue weighted by molar-refractivity contribution is -0.402. The Kier molecular flexibility index (Phi) is 6.21. The molecule has 0 radical (unpaired) electrons. The normalized spacial score (nSPS) is 19.2. The molecular formula is C20H22FN5O6. The molecule has 2 aromatic rings. The summed E-state index contributed by atoms with van der Waals surface area (Å²) in [6.07, 6.45) is -0.538. The number of hydrogen-bond donors (Lipinski definition) is 1. The van der Waals surface area contributed by atoms with Gasteiger partial charge in [-0.25, -0.2) is 9.18 Å². The zero-order chi connectivity index (χ0) is 22.7. The fraction of sp³-hybridized carbons (Fsp3) is 0.400. The first kappa shape index (κ1) is 21.6. The fourth-order valence-electron chi connectivity index (χ4n) is 3.86. The van der Waals surface area contributed by atoms with E-state index in [2.05, 4.69) is 10.2 Å². The third-order valence-corrected chi connectivity index (χ3v) is 5.47. The van der Waals surface area contributed by atoms with Crippen molar-refractivity contribution in [1.82, 2.24) is 10.2 Å². The van der Waals surface area contributed by atoms with Crippen LogP contribution in [0.4, 0.5) is 26.4 Å². The van der Waals surface area contributed by atoms with Crippen LogP contribution in [-0.2, 0) is 16.1 Å². The van der Waals surface area contributed by atoms with E-state index in [0.29, 0.717) is 56.3 Å². The van der Waals surface area contributed by atoms with Crippen molar-refractivity contribution < 1.29 is 28.1 Å². The van der Waals surface area contributed by atoms with Gasteiger partial charge in [0.25, 0.3) is 0 Å². The molecule has 1 N–H and O–H groups in total. The Morgan fingerprint density at radius 1 is 1.22 bits per heavy atom. The molecule has 2 saturated heterocycles. The standard InChI is InChI=1S/C20H22FN5O6/c21-17-9-14(25-12-16(10-22-13-27)32-20(25)28)1-3-18(17)24-7-5-23(6-8-24)11-15-2-4-19(31-15)26(29)30/h1-4,9,13,16H,5-8,10-12H2,(H,22,27)/t16-/m0/s1. The number of benzene rings is 1. The van der Waals surface area contributed by atoms with E-state index < -0.39 is 22.9 Å². The summed E-state index contributed by atoms with van der Waals surface area (Å²) in [6, 6.07) is 7.54. The van der Waals surface area contributed by atoms with Gasteiger partial charge < -0.3 is 19.4 Å². The van der Waals surface area contributed by atoms with Crippen LogP contribution in [0.15, 0.2) is 34.7 Å². The van der Waals surface area contributed by atoms with Crippen LogP contribution in [0.3, 0.4) is 0 Å². The lowest BCUT2D eigenvalue weighted by Gasteiger charge is -2.36. The largest absolute Gasteiger partial charge is 0.442 e. The molecular weight excluding hydrogens is 425 g/mol. The number of amides is 2. The number of rotatable bonds is 8. The maximum Gasteiger partial charge on any atom is 0.433 e. The van der Waals surface area contributed by atoms with Crippen molar-refractivity contribution in [3.63, 3.8) is 0 Å². The van der Waals surface area contributed by atoms with Crippen LogP contribution in [0.1, 0.15) is 5.76 Å². The molecule has 1 aromatic carbocycles. The minimum absolute atomic E-state index is 0.196. The number of nitro groups is 1. The van der Waals surface area contributed by atoms with E-state index in [9.17, 15) is 24.1 Å². The van der Waals surface area contributed by atoms with Crippen LogP contribution in [0.5, 0.6) is 0 Å². The van der Waals surface area contributed by atoms with Gasteiger partial charge in [0.15, 0.2) is 0 Å². The molecule has 11 nitrogen and oxygen atoms in total. The number of furan rings is 1. The van der Waals surface area contributed by atoms with Crippen molar-refractivity contribution >= 4 is 29.8 Å². The average Bonchev–Trinajstić information content (AvgIpc) is 3.39. The molecule has 32 heavy (non-hydrogen) atoms. The highest BCUT2D eigenvalue weighted by Gasteiger charge is 2.32. The van der Waals surface area contributed by atoms with Gasteiger partial charge in [-0.2, -0.15) is 0 Å². The molecule has 4 rings (SSSR count). The summed E-state index contributed by atoms with van der Waals surface area (Å²) in [5.74, 6) is -0.214. The summed E-state index contributed by atoms with van der Waals surface area (Å²) in [5, 5.41) is 13.2. The Labute approximate surface area is 182 Å². The van der Waals surface area contributed by atoms with Gasteiger partial charge >= 0.3 is 12.0 Å². The van der Waals surface area contributed by atoms with Gasteiger partial charge in [-0.3, -0.25) is 24.7 Å². The first-order chi connectivity index (χ1) is 15.4. The molecule has 2 amide bonds. The number of ether oxygens (including phenoxy) is 1. The molecule has 0 saturated carbocycles. The van der Waals surface area contributed by atoms with Gasteiger partial charge in [-0.05, 0) is 24.3 Å². The summed E-state index contributed by atoms with van der Waals surface area (Å²) in [6.45, 7) is 3.29. The number of piperazine rings is 1. The van der Waals surface area contributed by atoms with E-state index in [1.807, 2.05) is 4.90 Å². The molecule has 0 spiro atoms. The smallest absolute Gasteiger partial charge is 0.433 e. The predicted molar refractivity (Wildman–Crippen MR) is 111 cm³/mol. The monoisotopic (exact) mass is 447 g/mol. The van der Waals surface area contributed by atoms with E-state index in [-0.39, 0.29) is 19.0 Å². The van der Waals surface area contributed by atoms with Crippen LogP contribution in [0.2, 0.25) is 0 Å². The number of nitrogens with zero attached hydrogens (tertiary/aromatic N) is 4. The Morgan fingerprint density at radius 3 is 2.66 bits per heavy atom. The lowest BCUT2D eigenvalue weighted by Crippen LogP contribution is -2.46. The third kappa shape index (κ3) is 4.64. The maximum absolute atomic E-state index is 14.9. The van der Waals surface area contributed by atoms with Crippen molar-refractivity contribution in [2.45, 2.75) is 12.6 Å². The second-order valence-corrected chi connectivity index (χ2v) is 7.54. The molecule has 3 heterocycles. The molecule has 0 aliphatic carbocycles. The fourth-order valence-corrected chi connectivity index (χ4v) is 3.86. The number of anilines is 2. The van der Waals surface area contributed by atoms with E-state index in [1.54, 1.807) is 18.2 Å². The van der Waals surface area contributed by atoms with Gasteiger partial charge in [-0.15, -0.1) is 0 Å². The number of halogens is 1. The average molecular weight is 447 g/mol. The molecule has 0 unspecified atom stereocenters. The summed E-state index contributed by atoms with van der Waals surface area (Å²) < 4.78 is 25.2. The van der Waals surface area contributed by atoms with E-state index >= 15 is 0 Å². The SMILES string of the molecule is O=CNC[C@H]1CN(c2ccc(N3CCN(Cc4ccc([N+](=O)[O-])o4)CC3)c(F)c2)C(=O)O1. The predicted octanol–water partition coefficient (Wildman–Crippen LogP) is 1.72. The zero-order valence-electron chi connectivity index (χ0n) is 17.1. The topological polar surface area (TPSA) is 121 Å². The van der Waals surface area contributed by atoms with Gasteiger partial charge in [0, 0.05) is 26.2 Å². The van der Waals surface area contributed by atoms with Crippen LogP contribution < -0.4 is 15.1 Å². The minimum Gasteiger partial charge on any atom is -0.442 e. The number of hydrogen-bond acceptors (Lipinski definition) is 8. The van der Waals surface area contributed by atoms with Crippen molar-refractivity contribution in [2.75, 3.05) is 49.1 Å². The van der Waals surface area contributed by atoms with E-state index in [0.717, 1.165) is 0 Å². The molecule has 2 aliphatic heterocycles. The lowest BCUT2D eigenvalue weighted by atomic mass is 10.2. The van der Waals surface area contributed by atoms with Crippen LogP contribution in [-0.4, -0.2) is 67.7 Å². The van der Waals surface area contributed by atoms with Crippen molar-refractivity contribution in [1.29, 1.82) is 0 Å². The Morgan fingerprint density at radius 2 is 2.00 bits per heavy atom. The summed E-state index contributed by atoms with van der Waals surface area (Å²) >= 11 is 0. The van der Waals surface area contributed by atoms with Crippen LogP contribution in [0.25, 0.3) is 0 Å². The Hall–Kier alpha value is -3.67. The number of cyclic esters (lactones) is 1. The molecule has 2 fully saturated rings. The van der Waals surface area contributed by atoms with Crippen molar-refractivity contribution in [2.24, 2.45) is 0 Å². The molecule has 170 valence electrons. The minimum atomic E-state index is -0.582. The van der Waals surface area contributed by atoms with E-state index in [4.69, 9.17) is 9.15 Å². The third-order valence-electron chi connectivity index (χ3n) is 5.47. The molecule has 1 aromatic heterocycles. The first-order valence-electron chi connectivity index (χ1n) is 10.1. The van der Waals surface area contributed by atoms with Gasteiger partial charge in [0.05, 0.1) is 37.1 Å². The molecule has 1 atom stereocenters. The van der Waals surface area contributed by atoms with Crippen molar-refractivity contribution in [3.05, 3.63) is 52.0 Å². The first-order valence-corrected chi connectivity index (χ1v) is 10.1. The number of carbonyl (C=O) groups is 2. The van der Waals surface area contributed by atoms with E-state index in [1.165, 1.54) is 17.0 Å². The number of nitrogens with one attached hydrogen (secondary N) is 1. The highest BCUT2D eigenvalue weighted by Crippen LogP contribution is 2.29. The van der Waals surface area contributed by atoms with Gasteiger partial charge in [-0.1, -0.05) is 0 Å². The maximum atomic E-state index is 14.9. The summed E-state index contributed by atoms with van der Waals surface area (Å²) in [5.41, 5.74) is 0.830. The van der Waals surface area contributed by atoms with Crippen molar-refractivity contribution in [3.8, 4) is 0 Å². The molecule has 12 heteroatoms. The molecule has 2 aliphatic rings.